The molecule has 1 saturated heterocycles. The first-order chi connectivity index (χ1) is 13.2. The molecule has 3 aromatic rings. The summed E-state index contributed by atoms with van der Waals surface area (Å²) in [5.74, 6) is 1.62. The number of imidazole rings is 1. The van der Waals surface area contributed by atoms with Crippen LogP contribution in [0.3, 0.4) is 0 Å². The monoisotopic (exact) mass is 362 g/mol. The zero-order valence-corrected chi connectivity index (χ0v) is 16.0. The Balaban J connectivity index is 1.52. The Morgan fingerprint density at radius 1 is 1.11 bits per heavy atom. The van der Waals surface area contributed by atoms with Gasteiger partial charge < -0.3 is 15.2 Å². The highest BCUT2D eigenvalue weighted by Gasteiger charge is 2.29. The molecular formula is C21H26N6. The van der Waals surface area contributed by atoms with E-state index in [1.165, 1.54) is 27.9 Å². The summed E-state index contributed by atoms with van der Waals surface area (Å²) in [4.78, 5) is 19.7. The van der Waals surface area contributed by atoms with E-state index < -0.39 is 0 Å². The predicted octanol–water partition coefficient (Wildman–Crippen LogP) is 2.65. The molecule has 1 aliphatic heterocycles. The van der Waals surface area contributed by atoms with Gasteiger partial charge in [0.15, 0.2) is 0 Å². The molecule has 0 radical (unpaired) electrons. The number of benzene rings is 1. The number of piperazine rings is 1. The van der Waals surface area contributed by atoms with Crippen molar-refractivity contribution in [3.63, 3.8) is 0 Å². The number of H-pyrrole nitrogens is 1. The molecule has 6 nitrogen and oxygen atoms in total. The highest BCUT2D eigenvalue weighted by Crippen LogP contribution is 2.39. The first kappa shape index (κ1) is 16.7. The number of aromatic amines is 1. The minimum atomic E-state index is 0.467. The molecule has 1 fully saturated rings. The summed E-state index contributed by atoms with van der Waals surface area (Å²) in [6.07, 6.45) is 6.72. The van der Waals surface area contributed by atoms with E-state index >= 15 is 0 Å². The largest absolute Gasteiger partial charge is 0.354 e. The number of nitrogens with one attached hydrogen (secondary N) is 2. The van der Waals surface area contributed by atoms with Crippen LogP contribution in [0.2, 0.25) is 0 Å². The van der Waals surface area contributed by atoms with Gasteiger partial charge in [-0.25, -0.2) is 15.0 Å². The van der Waals surface area contributed by atoms with Crippen LogP contribution in [0.25, 0.3) is 11.0 Å². The molecule has 1 unspecified atom stereocenters. The van der Waals surface area contributed by atoms with Crippen molar-refractivity contribution in [1.29, 1.82) is 0 Å². The number of aromatic nitrogens is 4. The van der Waals surface area contributed by atoms with Crippen LogP contribution in [-0.4, -0.2) is 46.1 Å². The van der Waals surface area contributed by atoms with Crippen molar-refractivity contribution < 1.29 is 0 Å². The first-order valence-corrected chi connectivity index (χ1v) is 9.94. The lowest BCUT2D eigenvalue weighted by Crippen LogP contribution is -2.44. The molecule has 1 aromatic carbocycles. The zero-order valence-electron chi connectivity index (χ0n) is 16.0. The number of rotatable bonds is 2. The maximum Gasteiger partial charge on any atom is 0.135 e. The maximum atomic E-state index is 4.69. The fourth-order valence-electron chi connectivity index (χ4n) is 4.76. The van der Waals surface area contributed by atoms with Gasteiger partial charge in [0.2, 0.25) is 0 Å². The number of aryl methyl sites for hydroxylation is 1. The predicted molar refractivity (Wildman–Crippen MR) is 107 cm³/mol. The van der Waals surface area contributed by atoms with Crippen LogP contribution in [0, 0.1) is 13.8 Å². The second kappa shape index (κ2) is 6.60. The van der Waals surface area contributed by atoms with Crippen LogP contribution >= 0.6 is 0 Å². The average molecular weight is 362 g/mol. The fraction of sp³-hybridized carbons (Fsp3) is 0.476. The molecule has 0 saturated carbocycles. The third-order valence-electron chi connectivity index (χ3n) is 6.30. The van der Waals surface area contributed by atoms with Crippen LogP contribution in [0.1, 0.15) is 40.3 Å². The van der Waals surface area contributed by atoms with Crippen LogP contribution in [0.4, 0.5) is 5.82 Å². The number of hydrogen-bond acceptors (Lipinski definition) is 5. The molecule has 2 aromatic heterocycles. The Morgan fingerprint density at radius 3 is 2.81 bits per heavy atom. The molecule has 0 bridgehead atoms. The van der Waals surface area contributed by atoms with Gasteiger partial charge in [0.25, 0.3) is 0 Å². The summed E-state index contributed by atoms with van der Waals surface area (Å²) in [6.45, 7) is 8.54. The molecule has 140 valence electrons. The van der Waals surface area contributed by atoms with E-state index in [1.807, 2.05) is 6.33 Å². The molecule has 0 spiro atoms. The van der Waals surface area contributed by atoms with E-state index in [-0.39, 0.29) is 0 Å². The van der Waals surface area contributed by atoms with Crippen molar-refractivity contribution in [1.82, 2.24) is 25.3 Å². The molecule has 3 heterocycles. The molecule has 5 rings (SSSR count). The topological polar surface area (TPSA) is 69.7 Å². The Morgan fingerprint density at radius 2 is 1.96 bits per heavy atom. The fourth-order valence-corrected chi connectivity index (χ4v) is 4.76. The maximum absolute atomic E-state index is 4.69. The Hall–Kier alpha value is -2.47. The third-order valence-corrected chi connectivity index (χ3v) is 6.30. The van der Waals surface area contributed by atoms with Crippen LogP contribution in [-0.2, 0) is 12.8 Å². The number of hydrogen-bond donors (Lipinski definition) is 2. The number of anilines is 1. The molecule has 1 atom stereocenters. The van der Waals surface area contributed by atoms with Crippen molar-refractivity contribution >= 4 is 16.9 Å². The van der Waals surface area contributed by atoms with Crippen LogP contribution < -0.4 is 10.2 Å². The Kier molecular flexibility index (Phi) is 4.08. The number of nitrogens with zero attached hydrogens (tertiary/aromatic N) is 4. The molecule has 1 aliphatic carbocycles. The normalized spacial score (nSPS) is 20.1. The quantitative estimate of drug-likeness (QED) is 0.733. The smallest absolute Gasteiger partial charge is 0.135 e. The van der Waals surface area contributed by atoms with Gasteiger partial charge >= 0.3 is 0 Å². The van der Waals surface area contributed by atoms with Gasteiger partial charge in [-0.2, -0.15) is 0 Å². The van der Waals surface area contributed by atoms with E-state index in [1.54, 1.807) is 6.33 Å². The Bertz CT molecular complexity index is 986. The van der Waals surface area contributed by atoms with Crippen molar-refractivity contribution in [2.75, 3.05) is 31.1 Å². The lowest BCUT2D eigenvalue weighted by Gasteiger charge is -2.33. The van der Waals surface area contributed by atoms with Gasteiger partial charge in [-0.15, -0.1) is 0 Å². The van der Waals surface area contributed by atoms with Crippen molar-refractivity contribution in [3.8, 4) is 0 Å². The molecule has 0 amide bonds. The molecule has 6 heteroatoms. The van der Waals surface area contributed by atoms with E-state index in [2.05, 4.69) is 50.1 Å². The van der Waals surface area contributed by atoms with E-state index in [0.717, 1.165) is 62.3 Å². The van der Waals surface area contributed by atoms with Gasteiger partial charge in [-0.1, -0.05) is 0 Å². The lowest BCUT2D eigenvalue weighted by atomic mass is 9.79. The van der Waals surface area contributed by atoms with Gasteiger partial charge in [-0.05, 0) is 61.8 Å². The third kappa shape index (κ3) is 2.79. The molecule has 27 heavy (non-hydrogen) atoms. The molecule has 2 N–H and O–H groups in total. The highest BCUT2D eigenvalue weighted by atomic mass is 15.2. The zero-order chi connectivity index (χ0) is 18.4. The highest BCUT2D eigenvalue weighted by molar-refractivity contribution is 5.81. The molecular weight excluding hydrogens is 336 g/mol. The van der Waals surface area contributed by atoms with Gasteiger partial charge in [0.05, 0.1) is 17.4 Å². The summed E-state index contributed by atoms with van der Waals surface area (Å²) in [6, 6.07) is 2.21. The summed E-state index contributed by atoms with van der Waals surface area (Å²) >= 11 is 0. The first-order valence-electron chi connectivity index (χ1n) is 9.94. The van der Waals surface area contributed by atoms with Gasteiger partial charge in [0.1, 0.15) is 12.1 Å². The summed E-state index contributed by atoms with van der Waals surface area (Å²) in [5.41, 5.74) is 8.96. The van der Waals surface area contributed by atoms with Crippen molar-refractivity contribution in [2.45, 2.75) is 39.0 Å². The standard InChI is InChI=1S/C21H26N6/c1-13-9-18-20(25-11-24-18)19(14(13)2)15-3-4-16-17(10-15)23-12-26-21(16)27-7-5-22-6-8-27/h9,11-12,15,22H,3-8,10H2,1-2H3,(H,24,25). The number of fused-ring (bicyclic) bond motifs is 2. The van der Waals surface area contributed by atoms with Crippen molar-refractivity contribution in [3.05, 3.63) is 46.7 Å². The second-order valence-corrected chi connectivity index (χ2v) is 7.83. The lowest BCUT2D eigenvalue weighted by molar-refractivity contribution is 0.554. The minimum Gasteiger partial charge on any atom is -0.354 e. The summed E-state index contributed by atoms with van der Waals surface area (Å²) in [7, 11) is 0. The van der Waals surface area contributed by atoms with E-state index in [4.69, 9.17) is 0 Å². The van der Waals surface area contributed by atoms with Gasteiger partial charge in [0, 0.05) is 37.4 Å². The molecule has 2 aliphatic rings. The van der Waals surface area contributed by atoms with E-state index in [9.17, 15) is 0 Å². The van der Waals surface area contributed by atoms with Crippen LogP contribution in [0.5, 0.6) is 0 Å². The second-order valence-electron chi connectivity index (χ2n) is 7.83. The van der Waals surface area contributed by atoms with Crippen molar-refractivity contribution in [2.24, 2.45) is 0 Å². The summed E-state index contributed by atoms with van der Waals surface area (Å²) < 4.78 is 0. The van der Waals surface area contributed by atoms with Crippen LogP contribution in [0.15, 0.2) is 18.7 Å². The minimum absolute atomic E-state index is 0.467. The van der Waals surface area contributed by atoms with E-state index in [0.29, 0.717) is 5.92 Å². The average Bonchev–Trinajstić information content (AvgIpc) is 3.16. The summed E-state index contributed by atoms with van der Waals surface area (Å²) in [5, 5.41) is 3.42. The van der Waals surface area contributed by atoms with Gasteiger partial charge in [-0.3, -0.25) is 0 Å². The SMILES string of the molecule is Cc1cc2[nH]cnc2c(C2CCc3c(ncnc3N3CCNCC3)C2)c1C. The Labute approximate surface area is 159 Å².